The number of fused-ring (bicyclic) bond motifs is 1. The van der Waals surface area contributed by atoms with Crippen LogP contribution in [0.2, 0.25) is 0 Å². The Labute approximate surface area is 114 Å². The van der Waals surface area contributed by atoms with Crippen LogP contribution in [0.15, 0.2) is 64.3 Å². The van der Waals surface area contributed by atoms with Crippen molar-refractivity contribution in [3.63, 3.8) is 0 Å². The minimum absolute atomic E-state index is 0.00751. The van der Waals surface area contributed by atoms with E-state index in [1.165, 1.54) is 11.8 Å². The summed E-state index contributed by atoms with van der Waals surface area (Å²) in [5.41, 5.74) is 1.81. The zero-order chi connectivity index (χ0) is 13.2. The first-order valence-corrected chi connectivity index (χ1v) is 6.59. The summed E-state index contributed by atoms with van der Waals surface area (Å²) in [6, 6.07) is 14.6. The van der Waals surface area contributed by atoms with Crippen LogP contribution in [-0.4, -0.2) is 16.4 Å². The van der Waals surface area contributed by atoms with Crippen molar-refractivity contribution < 1.29 is 10.2 Å². The lowest BCUT2D eigenvalue weighted by molar-refractivity contribution is 0.412. The normalized spacial score (nSPS) is 14.1. The highest BCUT2D eigenvalue weighted by Crippen LogP contribution is 2.39. The minimum atomic E-state index is -0.00751. The number of phenols is 1. The number of aliphatic imine (C=N–C) groups is 1. The number of aliphatic hydroxyl groups excluding tert-OH is 1. The molecular formula is C15H11NO2S. The highest BCUT2D eigenvalue weighted by Gasteiger charge is 2.15. The van der Waals surface area contributed by atoms with Crippen LogP contribution >= 0.6 is 11.8 Å². The zero-order valence-corrected chi connectivity index (χ0v) is 10.8. The Hall–Kier alpha value is -2.20. The third kappa shape index (κ3) is 2.35. The van der Waals surface area contributed by atoms with Gasteiger partial charge in [-0.15, -0.1) is 0 Å². The molecule has 2 aromatic rings. The highest BCUT2D eigenvalue weighted by molar-refractivity contribution is 8.08. The summed E-state index contributed by atoms with van der Waals surface area (Å²) in [5.74, 6) is 0.193. The van der Waals surface area contributed by atoms with Crippen molar-refractivity contribution in [1.82, 2.24) is 0 Å². The number of nitrogens with zero attached hydrogens (tertiary/aromatic N) is 1. The second-order valence-electron chi connectivity index (χ2n) is 4.10. The molecule has 1 aliphatic rings. The van der Waals surface area contributed by atoms with E-state index >= 15 is 0 Å². The number of thioether (sulfide) groups is 1. The first kappa shape index (κ1) is 11.9. The average molecular weight is 269 g/mol. The fraction of sp³-hybridized carbons (Fsp3) is 0. The minimum Gasteiger partial charge on any atom is -0.508 e. The Bertz CT molecular complexity index is 675. The predicted octanol–water partition coefficient (Wildman–Crippen LogP) is 3.80. The number of hydrogen-bond acceptors (Lipinski definition) is 4. The molecule has 1 aliphatic heterocycles. The van der Waals surface area contributed by atoms with Gasteiger partial charge in [-0.1, -0.05) is 30.0 Å². The molecule has 0 unspecified atom stereocenters. The Kier molecular flexibility index (Phi) is 3.01. The molecule has 0 saturated carbocycles. The van der Waals surface area contributed by atoms with Crippen molar-refractivity contribution in [2.45, 2.75) is 4.90 Å². The van der Waals surface area contributed by atoms with E-state index in [-0.39, 0.29) is 11.6 Å². The average Bonchev–Trinajstić information content (AvgIpc) is 2.60. The molecule has 2 aromatic carbocycles. The smallest absolute Gasteiger partial charge is 0.225 e. The van der Waals surface area contributed by atoms with Crippen molar-refractivity contribution >= 4 is 22.9 Å². The van der Waals surface area contributed by atoms with E-state index in [4.69, 9.17) is 0 Å². The van der Waals surface area contributed by atoms with Crippen LogP contribution in [0.3, 0.4) is 0 Å². The predicted molar refractivity (Wildman–Crippen MR) is 77.5 cm³/mol. The van der Waals surface area contributed by atoms with Crippen LogP contribution in [0, 0.1) is 0 Å². The summed E-state index contributed by atoms with van der Waals surface area (Å²) in [6.45, 7) is 0. The molecule has 0 fully saturated rings. The van der Waals surface area contributed by atoms with Gasteiger partial charge >= 0.3 is 0 Å². The fourth-order valence-electron chi connectivity index (χ4n) is 1.83. The standard InChI is InChI=1S/C15H11NO2S/c17-12-7-5-10(6-8-12)14-15(18)16-9-11-3-1-2-4-13(11)19-14/h1-9,17-18H. The topological polar surface area (TPSA) is 52.8 Å². The summed E-state index contributed by atoms with van der Waals surface area (Å²) >= 11 is 1.47. The van der Waals surface area contributed by atoms with Crippen molar-refractivity contribution in [2.75, 3.05) is 0 Å². The lowest BCUT2D eigenvalue weighted by atomic mass is 10.2. The molecule has 0 saturated heterocycles. The van der Waals surface area contributed by atoms with Gasteiger partial charge in [0.1, 0.15) is 5.75 Å². The molecule has 0 bridgehead atoms. The number of rotatable bonds is 1. The number of phenolic OH excluding ortho intramolecular Hbond substituents is 1. The van der Waals surface area contributed by atoms with Crippen molar-refractivity contribution in [3.8, 4) is 5.75 Å². The van der Waals surface area contributed by atoms with Crippen LogP contribution in [0.25, 0.3) is 4.91 Å². The lowest BCUT2D eigenvalue weighted by Gasteiger charge is -2.07. The van der Waals surface area contributed by atoms with Gasteiger partial charge in [0.2, 0.25) is 5.88 Å². The summed E-state index contributed by atoms with van der Waals surface area (Å²) in [5, 5.41) is 19.4. The number of aromatic hydroxyl groups is 1. The van der Waals surface area contributed by atoms with Crippen molar-refractivity contribution in [2.24, 2.45) is 4.99 Å². The van der Waals surface area contributed by atoms with Crippen LogP contribution in [-0.2, 0) is 0 Å². The van der Waals surface area contributed by atoms with Gasteiger partial charge in [-0.25, -0.2) is 4.99 Å². The monoisotopic (exact) mass is 269 g/mol. The quantitative estimate of drug-likeness (QED) is 0.828. The highest BCUT2D eigenvalue weighted by atomic mass is 32.2. The molecule has 0 aliphatic carbocycles. The van der Waals surface area contributed by atoms with Crippen LogP contribution in [0.1, 0.15) is 11.1 Å². The van der Waals surface area contributed by atoms with Gasteiger partial charge in [-0.05, 0) is 35.9 Å². The SMILES string of the molecule is OC1=C(c2ccc(O)cc2)Sc2ccccc2C=N1. The first-order chi connectivity index (χ1) is 9.24. The molecule has 94 valence electrons. The number of benzene rings is 2. The second kappa shape index (κ2) is 4.82. The summed E-state index contributed by atoms with van der Waals surface area (Å²) in [7, 11) is 0. The molecule has 19 heavy (non-hydrogen) atoms. The van der Waals surface area contributed by atoms with Gasteiger partial charge in [-0.3, -0.25) is 0 Å². The number of hydrogen-bond donors (Lipinski definition) is 2. The van der Waals surface area contributed by atoms with E-state index in [2.05, 4.69) is 4.99 Å². The Morgan fingerprint density at radius 2 is 1.63 bits per heavy atom. The van der Waals surface area contributed by atoms with Crippen molar-refractivity contribution in [1.29, 1.82) is 0 Å². The zero-order valence-electron chi connectivity index (χ0n) is 9.95. The third-order valence-electron chi connectivity index (χ3n) is 2.79. The van der Waals surface area contributed by atoms with Crippen molar-refractivity contribution in [3.05, 3.63) is 65.5 Å². The van der Waals surface area contributed by atoms with Gasteiger partial charge in [0.25, 0.3) is 0 Å². The van der Waals surface area contributed by atoms with E-state index in [0.29, 0.717) is 4.91 Å². The van der Waals surface area contributed by atoms with Crippen LogP contribution in [0.4, 0.5) is 0 Å². The third-order valence-corrected chi connectivity index (χ3v) is 4.00. The van der Waals surface area contributed by atoms with Gasteiger partial charge in [0, 0.05) is 16.7 Å². The summed E-state index contributed by atoms with van der Waals surface area (Å²) in [6.07, 6.45) is 1.66. The first-order valence-electron chi connectivity index (χ1n) is 5.77. The maximum absolute atomic E-state index is 10.0. The van der Waals surface area contributed by atoms with Gasteiger partial charge in [0.05, 0.1) is 4.91 Å². The molecular weight excluding hydrogens is 258 g/mol. The van der Waals surface area contributed by atoms with Crippen LogP contribution in [0.5, 0.6) is 5.75 Å². The van der Waals surface area contributed by atoms with E-state index in [1.807, 2.05) is 24.3 Å². The van der Waals surface area contributed by atoms with E-state index in [1.54, 1.807) is 30.5 Å². The summed E-state index contributed by atoms with van der Waals surface area (Å²) < 4.78 is 0. The van der Waals surface area contributed by atoms with Gasteiger partial charge in [-0.2, -0.15) is 0 Å². The number of aliphatic hydroxyl groups is 1. The van der Waals surface area contributed by atoms with Gasteiger partial charge in [0.15, 0.2) is 0 Å². The Morgan fingerprint density at radius 1 is 0.895 bits per heavy atom. The molecule has 4 heteroatoms. The Balaban J connectivity index is 2.07. The summed E-state index contributed by atoms with van der Waals surface area (Å²) in [4.78, 5) is 5.79. The molecule has 3 rings (SSSR count). The molecule has 0 amide bonds. The second-order valence-corrected chi connectivity index (χ2v) is 5.15. The molecule has 0 atom stereocenters. The van der Waals surface area contributed by atoms with Crippen LogP contribution < -0.4 is 0 Å². The van der Waals surface area contributed by atoms with E-state index < -0.39 is 0 Å². The molecule has 1 heterocycles. The molecule has 2 N–H and O–H groups in total. The lowest BCUT2D eigenvalue weighted by Crippen LogP contribution is -1.85. The molecule has 3 nitrogen and oxygen atoms in total. The van der Waals surface area contributed by atoms with E-state index in [0.717, 1.165) is 16.0 Å². The van der Waals surface area contributed by atoms with E-state index in [9.17, 15) is 10.2 Å². The maximum atomic E-state index is 10.0. The maximum Gasteiger partial charge on any atom is 0.225 e. The largest absolute Gasteiger partial charge is 0.508 e. The Morgan fingerprint density at radius 3 is 2.42 bits per heavy atom. The molecule has 0 radical (unpaired) electrons. The fourth-order valence-corrected chi connectivity index (χ4v) is 2.83. The van der Waals surface area contributed by atoms with Gasteiger partial charge < -0.3 is 10.2 Å². The molecule has 0 aromatic heterocycles. The molecule has 0 spiro atoms.